The summed E-state index contributed by atoms with van der Waals surface area (Å²) < 4.78 is 27.6. The van der Waals surface area contributed by atoms with Crippen LogP contribution in [0.2, 0.25) is 0 Å². The summed E-state index contributed by atoms with van der Waals surface area (Å²) in [6.45, 7) is 6.25. The molecule has 0 aliphatic heterocycles. The van der Waals surface area contributed by atoms with Gasteiger partial charge in [0.1, 0.15) is 0 Å². The van der Waals surface area contributed by atoms with E-state index in [9.17, 15) is 22.8 Å². The van der Waals surface area contributed by atoms with Crippen LogP contribution in [-0.4, -0.2) is 46.8 Å². The van der Waals surface area contributed by atoms with Gasteiger partial charge in [-0.2, -0.15) is 8.42 Å². The summed E-state index contributed by atoms with van der Waals surface area (Å²) in [7, 11) is -3.67. The summed E-state index contributed by atoms with van der Waals surface area (Å²) in [5.74, 6) is -2.83. The number of aromatic carboxylic acids is 2. The van der Waals surface area contributed by atoms with E-state index in [1.165, 1.54) is 25.1 Å². The van der Waals surface area contributed by atoms with E-state index >= 15 is 0 Å². The van der Waals surface area contributed by atoms with Crippen molar-refractivity contribution in [3.63, 3.8) is 0 Å². The predicted octanol–water partition coefficient (Wildman–Crippen LogP) is 1.33. The molecule has 0 heterocycles. The molecular weight excluding hydrogens is 354 g/mol. The molecule has 10 heteroatoms. The Balaban J connectivity index is 0. The Morgan fingerprint density at radius 3 is 1.68 bits per heavy atom. The predicted molar refractivity (Wildman–Crippen MR) is 91.2 cm³/mol. The van der Waals surface area contributed by atoms with Crippen molar-refractivity contribution in [3.05, 3.63) is 47.5 Å². The molecule has 1 rings (SSSR count). The Hall–Kier alpha value is -2.72. The summed E-state index contributed by atoms with van der Waals surface area (Å²) in [5, 5.41) is 17.4. The lowest BCUT2D eigenvalue weighted by Crippen LogP contribution is -2.06. The second-order valence-corrected chi connectivity index (χ2v) is 6.05. The third-order valence-electron chi connectivity index (χ3n) is 2.46. The number of carboxylic acids is 2. The molecule has 0 bridgehead atoms. The minimum absolute atomic E-state index is 0.0277. The van der Waals surface area contributed by atoms with Gasteiger partial charge in [-0.25, -0.2) is 9.59 Å². The maximum Gasteiger partial charge on any atom is 0.335 e. The maximum atomic E-state index is 10.6. The highest BCUT2D eigenvalue weighted by molar-refractivity contribution is 7.85. The monoisotopic (exact) mass is 375 g/mol. The van der Waals surface area contributed by atoms with Crippen molar-refractivity contribution in [1.82, 2.24) is 0 Å². The first-order valence-electron chi connectivity index (χ1n) is 6.80. The zero-order chi connectivity index (χ0) is 20.2. The molecule has 1 aromatic rings. The van der Waals surface area contributed by atoms with E-state index < -0.39 is 28.0 Å². The Bertz CT molecular complexity index is 693. The zero-order valence-corrected chi connectivity index (χ0v) is 14.6. The van der Waals surface area contributed by atoms with Crippen molar-refractivity contribution in [3.8, 4) is 0 Å². The largest absolute Gasteiger partial charge is 0.478 e. The van der Waals surface area contributed by atoms with Crippen molar-refractivity contribution in [2.45, 2.75) is 20.3 Å². The molecule has 0 unspecified atom stereocenters. The Labute approximate surface area is 145 Å². The topological polar surface area (TPSA) is 172 Å². The van der Waals surface area contributed by atoms with E-state index in [1.807, 2.05) is 0 Å². The fourth-order valence-corrected chi connectivity index (χ4v) is 1.87. The van der Waals surface area contributed by atoms with Crippen LogP contribution in [0.4, 0.5) is 0 Å². The highest BCUT2D eigenvalue weighted by atomic mass is 32.2. The van der Waals surface area contributed by atoms with Gasteiger partial charge in [0.25, 0.3) is 10.1 Å². The second-order valence-electron chi connectivity index (χ2n) is 4.48. The third-order valence-corrected chi connectivity index (χ3v) is 3.38. The number of carboxylic acid groups (broad SMARTS) is 2. The van der Waals surface area contributed by atoms with Crippen LogP contribution in [0, 0.1) is 6.92 Å². The van der Waals surface area contributed by atoms with Crippen LogP contribution < -0.4 is 5.73 Å². The molecule has 1 amide bonds. The number of carbonyl (C=O) groups is 3. The van der Waals surface area contributed by atoms with E-state index in [4.69, 9.17) is 14.8 Å². The fraction of sp³-hybridized carbons (Fsp3) is 0.267. The number of rotatable bonds is 5. The van der Waals surface area contributed by atoms with Crippen molar-refractivity contribution < 1.29 is 37.6 Å². The number of hydrogen-bond acceptors (Lipinski definition) is 5. The zero-order valence-electron chi connectivity index (χ0n) is 13.8. The van der Waals surface area contributed by atoms with Crippen LogP contribution >= 0.6 is 0 Å². The molecule has 5 N–H and O–H groups in total. The number of hydrogen-bond donors (Lipinski definition) is 4. The Morgan fingerprint density at radius 2 is 1.52 bits per heavy atom. The first-order valence-corrected chi connectivity index (χ1v) is 8.41. The highest BCUT2D eigenvalue weighted by Crippen LogP contribution is 2.13. The molecule has 25 heavy (non-hydrogen) atoms. The van der Waals surface area contributed by atoms with Gasteiger partial charge in [-0.05, 0) is 37.1 Å². The van der Waals surface area contributed by atoms with Gasteiger partial charge in [-0.3, -0.25) is 9.35 Å². The lowest BCUT2D eigenvalue weighted by atomic mass is 10.0. The van der Waals surface area contributed by atoms with Gasteiger partial charge in [0.2, 0.25) is 5.91 Å². The number of carbonyl (C=O) groups excluding carboxylic acids is 1. The van der Waals surface area contributed by atoms with E-state index in [2.05, 4.69) is 12.3 Å². The fourth-order valence-electron chi connectivity index (χ4n) is 1.36. The molecule has 0 saturated carbocycles. The van der Waals surface area contributed by atoms with Gasteiger partial charge >= 0.3 is 11.9 Å². The molecule has 9 nitrogen and oxygen atoms in total. The van der Waals surface area contributed by atoms with E-state index in [0.717, 1.165) is 6.08 Å². The minimum Gasteiger partial charge on any atom is -0.478 e. The highest BCUT2D eigenvalue weighted by Gasteiger charge is 2.13. The standard InChI is InChI=1S/C9H8O4.C3H5NO.C3H8O3S/c1-5-6(8(10)11)3-2-4-7(5)9(12)13;1-2-3(4)5;1-2-3-7(4,5)6/h2-4H,1H3,(H,10,11)(H,12,13);2H,1H2,(H2,4,5);2-3H2,1H3,(H,4,5,6). The molecule has 0 aliphatic carbocycles. The van der Waals surface area contributed by atoms with Crippen LogP contribution in [0.3, 0.4) is 0 Å². The molecule has 0 saturated heterocycles. The van der Waals surface area contributed by atoms with Crippen LogP contribution in [0.25, 0.3) is 0 Å². The number of amides is 1. The third kappa shape index (κ3) is 12.4. The van der Waals surface area contributed by atoms with Crippen LogP contribution in [0.1, 0.15) is 39.6 Å². The molecule has 0 atom stereocenters. The Morgan fingerprint density at radius 1 is 1.16 bits per heavy atom. The first kappa shape index (κ1) is 24.5. The lowest BCUT2D eigenvalue weighted by Gasteiger charge is -2.03. The SMILES string of the molecule is C=CC(N)=O.CCCS(=O)(=O)O.Cc1c(C(=O)O)cccc1C(=O)O. The molecular formula is C15H21NO8S. The molecule has 0 aromatic heterocycles. The van der Waals surface area contributed by atoms with Crippen LogP contribution in [0.5, 0.6) is 0 Å². The van der Waals surface area contributed by atoms with Crippen LogP contribution in [0.15, 0.2) is 30.9 Å². The molecule has 0 spiro atoms. The summed E-state index contributed by atoms with van der Waals surface area (Å²) >= 11 is 0. The molecule has 0 radical (unpaired) electrons. The van der Waals surface area contributed by atoms with Gasteiger partial charge < -0.3 is 15.9 Å². The minimum atomic E-state index is -3.67. The van der Waals surface area contributed by atoms with E-state index in [-0.39, 0.29) is 22.4 Å². The normalized spacial score (nSPS) is 9.56. The van der Waals surface area contributed by atoms with Crippen molar-refractivity contribution >= 4 is 28.0 Å². The first-order chi connectivity index (χ1) is 11.4. The van der Waals surface area contributed by atoms with Gasteiger partial charge in [-0.15, -0.1) is 0 Å². The summed E-state index contributed by atoms with van der Waals surface area (Å²) in [6.07, 6.45) is 1.53. The lowest BCUT2D eigenvalue weighted by molar-refractivity contribution is -0.113. The Kier molecular flexibility index (Phi) is 11.5. The van der Waals surface area contributed by atoms with Crippen molar-refractivity contribution in [1.29, 1.82) is 0 Å². The maximum absolute atomic E-state index is 10.6. The van der Waals surface area contributed by atoms with Crippen LogP contribution in [-0.2, 0) is 14.9 Å². The summed E-state index contributed by atoms with van der Waals surface area (Å²) in [6, 6.07) is 4.17. The van der Waals surface area contributed by atoms with Crippen molar-refractivity contribution in [2.75, 3.05) is 5.75 Å². The molecule has 140 valence electrons. The van der Waals surface area contributed by atoms with Gasteiger partial charge in [0, 0.05) is 0 Å². The van der Waals surface area contributed by atoms with E-state index in [0.29, 0.717) is 6.42 Å². The molecule has 0 fully saturated rings. The molecule has 1 aromatic carbocycles. The average molecular weight is 375 g/mol. The van der Waals surface area contributed by atoms with E-state index in [1.54, 1.807) is 6.92 Å². The summed E-state index contributed by atoms with van der Waals surface area (Å²) in [5.41, 5.74) is 4.87. The van der Waals surface area contributed by atoms with Gasteiger partial charge in [0.05, 0.1) is 16.9 Å². The van der Waals surface area contributed by atoms with Gasteiger partial charge in [0.15, 0.2) is 0 Å². The smallest absolute Gasteiger partial charge is 0.335 e. The van der Waals surface area contributed by atoms with Crippen molar-refractivity contribution in [2.24, 2.45) is 5.73 Å². The number of primary amides is 1. The number of nitrogens with two attached hydrogens (primary N) is 1. The average Bonchev–Trinajstić information content (AvgIpc) is 2.46. The number of benzene rings is 1. The quantitative estimate of drug-likeness (QED) is 0.440. The summed E-state index contributed by atoms with van der Waals surface area (Å²) in [4.78, 5) is 30.7. The molecule has 0 aliphatic rings. The van der Waals surface area contributed by atoms with Gasteiger partial charge in [-0.1, -0.05) is 19.6 Å². The second kappa shape index (κ2) is 11.8.